The summed E-state index contributed by atoms with van der Waals surface area (Å²) in [5, 5.41) is 4.31. The molecule has 0 unspecified atom stereocenters. The van der Waals surface area contributed by atoms with Gasteiger partial charge in [0.05, 0.1) is 28.1 Å². The van der Waals surface area contributed by atoms with Crippen LogP contribution in [0.5, 0.6) is 0 Å². The highest BCUT2D eigenvalue weighted by Crippen LogP contribution is 2.30. The maximum Gasteiger partial charge on any atom is 0.255 e. The number of anilines is 1. The van der Waals surface area contributed by atoms with E-state index in [1.54, 1.807) is 47.3 Å². The summed E-state index contributed by atoms with van der Waals surface area (Å²) in [7, 11) is 0. The molecule has 8 heteroatoms. The third-order valence-electron chi connectivity index (χ3n) is 4.77. The van der Waals surface area contributed by atoms with Crippen LogP contribution < -0.4 is 16.6 Å². The second-order valence-corrected chi connectivity index (χ2v) is 7.65. The lowest BCUT2D eigenvalue weighted by atomic mass is 10.1. The van der Waals surface area contributed by atoms with Crippen LogP contribution in [0.2, 0.25) is 0 Å². The van der Waals surface area contributed by atoms with E-state index in [-0.39, 0.29) is 11.5 Å². The Balaban J connectivity index is 2.01. The maximum absolute atomic E-state index is 13.0. The molecular formula is C24H18BrN5O2. The fourth-order valence-electron chi connectivity index (χ4n) is 3.35. The Kier molecular flexibility index (Phi) is 5.96. The standard InChI is InChI=1S/C24H18BrN5O2/c1-2-22(31)29-21-13-17(6-7-19(21)25)30-23(32)9-4-15-14-28-20-8-5-16(27-11-3-10-26)12-18(20)24(15)30/h2-14H,1,26H2,(H,29,31). The van der Waals surface area contributed by atoms with Crippen molar-refractivity contribution in [1.82, 2.24) is 9.55 Å². The normalized spacial score (nSPS) is 11.5. The van der Waals surface area contributed by atoms with Crippen LogP contribution in [-0.2, 0) is 4.79 Å². The van der Waals surface area contributed by atoms with Crippen molar-refractivity contribution in [2.75, 3.05) is 5.32 Å². The highest BCUT2D eigenvalue weighted by Gasteiger charge is 2.13. The summed E-state index contributed by atoms with van der Waals surface area (Å²) < 4.78 is 2.28. The number of aliphatic imine (C=N–C) groups is 1. The molecule has 0 atom stereocenters. The molecule has 0 spiro atoms. The number of nitrogens with zero attached hydrogens (tertiary/aromatic N) is 3. The largest absolute Gasteiger partial charge is 0.405 e. The molecule has 0 saturated heterocycles. The molecule has 3 N–H and O–H groups in total. The number of carbonyl (C=O) groups excluding carboxylic acids is 1. The van der Waals surface area contributed by atoms with E-state index in [0.717, 1.165) is 16.3 Å². The van der Waals surface area contributed by atoms with Crippen LogP contribution in [-0.4, -0.2) is 21.7 Å². The first-order valence-corrected chi connectivity index (χ1v) is 10.4. The van der Waals surface area contributed by atoms with Crippen LogP contribution >= 0.6 is 15.9 Å². The van der Waals surface area contributed by atoms with Crippen molar-refractivity contribution in [3.63, 3.8) is 0 Å². The summed E-state index contributed by atoms with van der Waals surface area (Å²) >= 11 is 3.43. The lowest BCUT2D eigenvalue weighted by Crippen LogP contribution is -2.18. The topological polar surface area (TPSA) is 102 Å². The minimum atomic E-state index is -0.350. The van der Waals surface area contributed by atoms with Gasteiger partial charge in [0.2, 0.25) is 5.91 Å². The zero-order chi connectivity index (χ0) is 22.7. The van der Waals surface area contributed by atoms with Gasteiger partial charge in [0.1, 0.15) is 0 Å². The summed E-state index contributed by atoms with van der Waals surface area (Å²) in [6.45, 7) is 3.48. The van der Waals surface area contributed by atoms with Crippen molar-refractivity contribution >= 4 is 61.2 Å². The zero-order valence-electron chi connectivity index (χ0n) is 16.8. The first kappa shape index (κ1) is 21.2. The Bertz CT molecular complexity index is 1490. The fraction of sp³-hybridized carbons (Fsp3) is 0. The molecule has 0 aliphatic carbocycles. The number of hydrogen-bond donors (Lipinski definition) is 2. The third kappa shape index (κ3) is 4.08. The zero-order valence-corrected chi connectivity index (χ0v) is 18.4. The van der Waals surface area contributed by atoms with Crippen LogP contribution in [0.25, 0.3) is 27.5 Å². The number of carbonyl (C=O) groups is 1. The molecule has 0 aliphatic rings. The summed E-state index contributed by atoms with van der Waals surface area (Å²) in [5.74, 6) is -0.350. The summed E-state index contributed by atoms with van der Waals surface area (Å²) in [4.78, 5) is 33.7. The number of nitrogens with two attached hydrogens (primary N) is 1. The van der Waals surface area contributed by atoms with Gasteiger partial charge in [-0.05, 0) is 76.7 Å². The Morgan fingerprint density at radius 1 is 1.19 bits per heavy atom. The SMILES string of the molecule is C=CC(=O)Nc1cc(-n2c(=O)ccc3cnc4ccc(N=CC=CN)cc4c32)ccc1Br. The lowest BCUT2D eigenvalue weighted by Gasteiger charge is -2.14. The molecule has 2 aromatic heterocycles. The van der Waals surface area contributed by atoms with Gasteiger partial charge in [-0.15, -0.1) is 0 Å². The minimum Gasteiger partial charge on any atom is -0.405 e. The monoisotopic (exact) mass is 487 g/mol. The van der Waals surface area contributed by atoms with E-state index in [0.29, 0.717) is 27.1 Å². The second-order valence-electron chi connectivity index (χ2n) is 6.79. The Morgan fingerprint density at radius 3 is 2.81 bits per heavy atom. The van der Waals surface area contributed by atoms with Crippen LogP contribution in [0.3, 0.4) is 0 Å². The van der Waals surface area contributed by atoms with Gasteiger partial charge in [-0.1, -0.05) is 6.58 Å². The Labute approximate surface area is 191 Å². The molecule has 0 bridgehead atoms. The number of allylic oxidation sites excluding steroid dienone is 1. The third-order valence-corrected chi connectivity index (χ3v) is 5.46. The van der Waals surface area contributed by atoms with Gasteiger partial charge in [0, 0.05) is 33.7 Å². The molecule has 0 saturated carbocycles. The average Bonchev–Trinajstić information content (AvgIpc) is 2.80. The number of amides is 1. The number of benzene rings is 2. The molecule has 0 radical (unpaired) electrons. The predicted molar refractivity (Wildman–Crippen MR) is 133 cm³/mol. The van der Waals surface area contributed by atoms with Gasteiger partial charge in [-0.25, -0.2) is 0 Å². The molecule has 2 aromatic carbocycles. The quantitative estimate of drug-likeness (QED) is 0.244. The number of pyridine rings is 2. The van der Waals surface area contributed by atoms with E-state index in [9.17, 15) is 9.59 Å². The summed E-state index contributed by atoms with van der Waals surface area (Å²) in [6, 6.07) is 14.1. The molecule has 4 aromatic rings. The number of aromatic nitrogens is 2. The molecule has 158 valence electrons. The van der Waals surface area contributed by atoms with Crippen LogP contribution in [0.15, 0.2) is 93.9 Å². The molecular weight excluding hydrogens is 470 g/mol. The molecule has 0 aliphatic heterocycles. The van der Waals surface area contributed by atoms with E-state index in [4.69, 9.17) is 5.73 Å². The molecule has 7 nitrogen and oxygen atoms in total. The van der Waals surface area contributed by atoms with Crippen molar-refractivity contribution in [2.24, 2.45) is 10.7 Å². The van der Waals surface area contributed by atoms with Gasteiger partial charge in [0.25, 0.3) is 5.56 Å². The molecule has 4 rings (SSSR count). The van der Waals surface area contributed by atoms with Gasteiger partial charge in [-0.3, -0.25) is 24.1 Å². The molecule has 2 heterocycles. The Morgan fingerprint density at radius 2 is 2.03 bits per heavy atom. The number of rotatable bonds is 5. The van der Waals surface area contributed by atoms with Crippen LogP contribution in [0, 0.1) is 0 Å². The first-order chi connectivity index (χ1) is 15.5. The number of halogens is 1. The van der Waals surface area contributed by atoms with Gasteiger partial charge < -0.3 is 11.1 Å². The fourth-order valence-corrected chi connectivity index (χ4v) is 3.69. The maximum atomic E-state index is 13.0. The van der Waals surface area contributed by atoms with Crippen molar-refractivity contribution in [1.29, 1.82) is 0 Å². The van der Waals surface area contributed by atoms with E-state index < -0.39 is 0 Å². The highest BCUT2D eigenvalue weighted by atomic mass is 79.9. The highest BCUT2D eigenvalue weighted by molar-refractivity contribution is 9.10. The van der Waals surface area contributed by atoms with Gasteiger partial charge in [0.15, 0.2) is 0 Å². The van der Waals surface area contributed by atoms with Crippen molar-refractivity contribution in [2.45, 2.75) is 0 Å². The lowest BCUT2D eigenvalue weighted by molar-refractivity contribution is -0.111. The molecule has 32 heavy (non-hydrogen) atoms. The number of fused-ring (bicyclic) bond motifs is 3. The van der Waals surface area contributed by atoms with E-state index in [1.807, 2.05) is 18.2 Å². The van der Waals surface area contributed by atoms with Gasteiger partial charge >= 0.3 is 0 Å². The first-order valence-electron chi connectivity index (χ1n) is 9.60. The summed E-state index contributed by atoms with van der Waals surface area (Å²) in [6.07, 6.45) is 7.53. The van der Waals surface area contributed by atoms with Crippen molar-refractivity contribution < 1.29 is 4.79 Å². The summed E-state index contributed by atoms with van der Waals surface area (Å²) in [5.41, 5.74) is 8.38. The molecule has 0 fully saturated rings. The van der Waals surface area contributed by atoms with E-state index >= 15 is 0 Å². The smallest absolute Gasteiger partial charge is 0.255 e. The molecule has 1 amide bonds. The van der Waals surface area contributed by atoms with Crippen molar-refractivity contribution in [3.8, 4) is 5.69 Å². The number of hydrogen-bond acceptors (Lipinski definition) is 5. The van der Waals surface area contributed by atoms with Crippen molar-refractivity contribution in [3.05, 3.63) is 94.5 Å². The second kappa shape index (κ2) is 8.99. The number of nitrogens with one attached hydrogen (secondary N) is 1. The minimum absolute atomic E-state index is 0.215. The van der Waals surface area contributed by atoms with E-state index in [2.05, 4.69) is 37.8 Å². The van der Waals surface area contributed by atoms with Crippen LogP contribution in [0.4, 0.5) is 11.4 Å². The Hall–Kier alpha value is -4.04. The average molecular weight is 488 g/mol. The van der Waals surface area contributed by atoms with Gasteiger partial charge in [-0.2, -0.15) is 0 Å². The van der Waals surface area contributed by atoms with Crippen LogP contribution in [0.1, 0.15) is 0 Å². The van der Waals surface area contributed by atoms with E-state index in [1.165, 1.54) is 18.3 Å². The predicted octanol–water partition coefficient (Wildman–Crippen LogP) is 4.60.